The van der Waals surface area contributed by atoms with Crippen molar-refractivity contribution >= 4 is 0 Å². The number of hydrogen-bond donors (Lipinski definition) is 1. The summed E-state index contributed by atoms with van der Waals surface area (Å²) in [5.74, 6) is 0. The van der Waals surface area contributed by atoms with Gasteiger partial charge < -0.3 is 5.32 Å². The molecule has 1 fully saturated rings. The predicted octanol–water partition coefficient (Wildman–Crippen LogP) is 2.02. The van der Waals surface area contributed by atoms with Gasteiger partial charge in [-0.15, -0.1) is 6.58 Å². The Bertz CT molecular complexity index is 191. The van der Waals surface area contributed by atoms with Crippen LogP contribution in [0.4, 0.5) is 0 Å². The average Bonchev–Trinajstić information content (AvgIpc) is 2.40. The normalized spacial score (nSPS) is 32.2. The Morgan fingerprint density at radius 2 is 2.36 bits per heavy atom. The van der Waals surface area contributed by atoms with Crippen molar-refractivity contribution < 1.29 is 0 Å². The van der Waals surface area contributed by atoms with E-state index in [1.807, 2.05) is 6.08 Å². The predicted molar refractivity (Wildman–Crippen MR) is 62.5 cm³/mol. The van der Waals surface area contributed by atoms with Gasteiger partial charge in [0, 0.05) is 18.1 Å². The quantitative estimate of drug-likeness (QED) is 0.695. The lowest BCUT2D eigenvalue weighted by atomic mass is 9.98. The van der Waals surface area contributed by atoms with Crippen LogP contribution in [0, 0.1) is 0 Å². The summed E-state index contributed by atoms with van der Waals surface area (Å²) >= 11 is 0. The Morgan fingerprint density at radius 3 is 2.93 bits per heavy atom. The maximum Gasteiger partial charge on any atom is 0.0278 e. The van der Waals surface area contributed by atoms with Crippen LogP contribution in [0.2, 0.25) is 0 Å². The van der Waals surface area contributed by atoms with E-state index in [4.69, 9.17) is 0 Å². The highest BCUT2D eigenvalue weighted by atomic mass is 15.2. The van der Waals surface area contributed by atoms with Crippen LogP contribution in [-0.4, -0.2) is 36.1 Å². The third-order valence-electron chi connectivity index (χ3n) is 3.42. The van der Waals surface area contributed by atoms with Gasteiger partial charge in [-0.3, -0.25) is 4.90 Å². The fourth-order valence-corrected chi connectivity index (χ4v) is 1.99. The molecule has 2 atom stereocenters. The van der Waals surface area contributed by atoms with Crippen molar-refractivity contribution in [1.82, 2.24) is 10.2 Å². The third kappa shape index (κ3) is 2.82. The van der Waals surface area contributed by atoms with Gasteiger partial charge in [0.2, 0.25) is 0 Å². The smallest absolute Gasteiger partial charge is 0.0278 e. The number of hydrogen-bond acceptors (Lipinski definition) is 2. The van der Waals surface area contributed by atoms with Crippen LogP contribution in [-0.2, 0) is 0 Å². The zero-order valence-electron chi connectivity index (χ0n) is 9.84. The Morgan fingerprint density at radius 1 is 1.64 bits per heavy atom. The molecule has 2 unspecified atom stereocenters. The summed E-state index contributed by atoms with van der Waals surface area (Å²) < 4.78 is 0. The van der Waals surface area contributed by atoms with E-state index in [0.29, 0.717) is 6.04 Å². The van der Waals surface area contributed by atoms with Crippen molar-refractivity contribution in [3.05, 3.63) is 12.7 Å². The largest absolute Gasteiger partial charge is 0.310 e. The lowest BCUT2D eigenvalue weighted by Gasteiger charge is -2.34. The molecular weight excluding hydrogens is 172 g/mol. The number of nitrogens with one attached hydrogen (secondary N) is 1. The molecule has 0 aromatic heterocycles. The Kier molecular flexibility index (Phi) is 4.14. The van der Waals surface area contributed by atoms with Crippen molar-refractivity contribution in [2.75, 3.05) is 19.6 Å². The van der Waals surface area contributed by atoms with Crippen LogP contribution in [0.15, 0.2) is 12.7 Å². The fraction of sp³-hybridized carbons (Fsp3) is 0.833. The second-order valence-electron chi connectivity index (χ2n) is 4.64. The summed E-state index contributed by atoms with van der Waals surface area (Å²) in [6.07, 6.45) is 4.47. The third-order valence-corrected chi connectivity index (χ3v) is 3.42. The molecule has 14 heavy (non-hydrogen) atoms. The van der Waals surface area contributed by atoms with Gasteiger partial charge in [0.05, 0.1) is 0 Å². The highest BCUT2D eigenvalue weighted by Gasteiger charge is 2.28. The van der Waals surface area contributed by atoms with Gasteiger partial charge in [-0.25, -0.2) is 0 Å². The number of rotatable bonds is 3. The minimum absolute atomic E-state index is 0.285. The summed E-state index contributed by atoms with van der Waals surface area (Å²) in [6.45, 7) is 14.2. The van der Waals surface area contributed by atoms with Gasteiger partial charge >= 0.3 is 0 Å². The zero-order valence-corrected chi connectivity index (χ0v) is 9.84. The molecule has 0 aromatic rings. The summed E-state index contributed by atoms with van der Waals surface area (Å²) in [7, 11) is 0. The summed E-state index contributed by atoms with van der Waals surface area (Å²) in [6, 6.07) is 0.501. The standard InChI is InChI=1S/C12H24N2/c1-5-11(3)14-9-7-8-13-12(4,6-2)10-14/h5,11,13H,1,6-10H2,2-4H3. The lowest BCUT2D eigenvalue weighted by Crippen LogP contribution is -2.50. The van der Waals surface area contributed by atoms with Crippen LogP contribution >= 0.6 is 0 Å². The molecule has 2 nitrogen and oxygen atoms in total. The second kappa shape index (κ2) is 4.94. The van der Waals surface area contributed by atoms with E-state index in [0.717, 1.165) is 13.1 Å². The fourth-order valence-electron chi connectivity index (χ4n) is 1.99. The molecule has 1 saturated heterocycles. The van der Waals surface area contributed by atoms with Crippen molar-refractivity contribution in [1.29, 1.82) is 0 Å². The Labute approximate surface area is 88.4 Å². The van der Waals surface area contributed by atoms with Gasteiger partial charge in [-0.2, -0.15) is 0 Å². The molecule has 0 saturated carbocycles. The molecule has 1 rings (SSSR count). The van der Waals surface area contributed by atoms with Crippen molar-refractivity contribution in [2.45, 2.75) is 45.2 Å². The van der Waals surface area contributed by atoms with Crippen LogP contribution in [0.3, 0.4) is 0 Å². The highest BCUT2D eigenvalue weighted by Crippen LogP contribution is 2.17. The molecule has 0 spiro atoms. The van der Waals surface area contributed by atoms with E-state index in [1.165, 1.54) is 19.4 Å². The van der Waals surface area contributed by atoms with Crippen LogP contribution in [0.25, 0.3) is 0 Å². The van der Waals surface area contributed by atoms with Gasteiger partial charge in [-0.05, 0) is 39.8 Å². The molecule has 1 heterocycles. The van der Waals surface area contributed by atoms with E-state index in [1.54, 1.807) is 0 Å². The first kappa shape index (κ1) is 11.7. The van der Waals surface area contributed by atoms with Crippen LogP contribution < -0.4 is 5.32 Å². The van der Waals surface area contributed by atoms with E-state index < -0.39 is 0 Å². The second-order valence-corrected chi connectivity index (χ2v) is 4.64. The molecule has 0 aliphatic carbocycles. The molecule has 2 heteroatoms. The van der Waals surface area contributed by atoms with Gasteiger partial charge in [0.1, 0.15) is 0 Å². The topological polar surface area (TPSA) is 15.3 Å². The molecule has 82 valence electrons. The highest BCUT2D eigenvalue weighted by molar-refractivity contribution is 4.93. The summed E-state index contributed by atoms with van der Waals surface area (Å²) in [4.78, 5) is 2.52. The van der Waals surface area contributed by atoms with E-state index in [9.17, 15) is 0 Å². The molecule has 1 aliphatic rings. The van der Waals surface area contributed by atoms with E-state index >= 15 is 0 Å². The molecule has 1 N–H and O–H groups in total. The van der Waals surface area contributed by atoms with Gasteiger partial charge in [0.25, 0.3) is 0 Å². The van der Waals surface area contributed by atoms with Gasteiger partial charge in [0.15, 0.2) is 0 Å². The molecule has 0 aromatic carbocycles. The summed E-state index contributed by atoms with van der Waals surface area (Å²) in [5.41, 5.74) is 0.285. The van der Waals surface area contributed by atoms with E-state index in [-0.39, 0.29) is 5.54 Å². The van der Waals surface area contributed by atoms with Crippen molar-refractivity contribution in [3.63, 3.8) is 0 Å². The van der Waals surface area contributed by atoms with Gasteiger partial charge in [-0.1, -0.05) is 13.0 Å². The van der Waals surface area contributed by atoms with Crippen molar-refractivity contribution in [3.8, 4) is 0 Å². The maximum absolute atomic E-state index is 3.88. The minimum Gasteiger partial charge on any atom is -0.310 e. The Balaban J connectivity index is 2.64. The van der Waals surface area contributed by atoms with Crippen molar-refractivity contribution in [2.24, 2.45) is 0 Å². The average molecular weight is 196 g/mol. The first-order valence-corrected chi connectivity index (χ1v) is 5.73. The molecular formula is C12H24N2. The monoisotopic (exact) mass is 196 g/mol. The van der Waals surface area contributed by atoms with E-state index in [2.05, 4.69) is 37.6 Å². The molecule has 0 radical (unpaired) electrons. The molecule has 1 aliphatic heterocycles. The maximum atomic E-state index is 3.88. The first-order valence-electron chi connectivity index (χ1n) is 5.73. The molecule has 0 amide bonds. The lowest BCUT2D eigenvalue weighted by molar-refractivity contribution is 0.192. The zero-order chi connectivity index (χ0) is 10.6. The van der Waals surface area contributed by atoms with Crippen LogP contribution in [0.5, 0.6) is 0 Å². The molecule has 0 bridgehead atoms. The summed E-state index contributed by atoms with van der Waals surface area (Å²) in [5, 5.41) is 3.64. The SMILES string of the molecule is C=CC(C)N1CCCNC(C)(CC)C1. The first-order chi connectivity index (χ1) is 6.61. The van der Waals surface area contributed by atoms with Crippen LogP contribution in [0.1, 0.15) is 33.6 Å². The number of nitrogens with zero attached hydrogens (tertiary/aromatic N) is 1. The Hall–Kier alpha value is -0.340. The minimum atomic E-state index is 0.285.